The molecule has 0 aliphatic carbocycles. The normalized spacial score (nSPS) is 12.1. The van der Waals surface area contributed by atoms with Crippen molar-refractivity contribution in [2.24, 2.45) is 7.05 Å². The first-order chi connectivity index (χ1) is 9.92. The molecule has 1 amide bonds. The minimum atomic E-state index is -1.13. The Bertz CT molecular complexity index is 677. The number of nitrogens with zero attached hydrogens (tertiary/aromatic N) is 3. The van der Waals surface area contributed by atoms with Gasteiger partial charge in [0.15, 0.2) is 6.04 Å². The molecule has 0 saturated heterocycles. The van der Waals surface area contributed by atoms with Gasteiger partial charge in [0, 0.05) is 36.0 Å². The van der Waals surface area contributed by atoms with Crippen LogP contribution >= 0.6 is 15.9 Å². The molecular weight excluding hydrogens is 340 g/mol. The van der Waals surface area contributed by atoms with E-state index in [0.29, 0.717) is 17.8 Å². The highest BCUT2D eigenvalue weighted by Crippen LogP contribution is 2.17. The van der Waals surface area contributed by atoms with Crippen LogP contribution in [0, 0.1) is 0 Å². The van der Waals surface area contributed by atoms with Crippen molar-refractivity contribution in [1.82, 2.24) is 19.7 Å². The molecule has 0 aliphatic heterocycles. The van der Waals surface area contributed by atoms with Gasteiger partial charge in [0.2, 0.25) is 0 Å². The van der Waals surface area contributed by atoms with Crippen molar-refractivity contribution in [3.05, 3.63) is 40.4 Å². The van der Waals surface area contributed by atoms with Crippen LogP contribution in [0.4, 0.5) is 0 Å². The van der Waals surface area contributed by atoms with Crippen LogP contribution in [-0.2, 0) is 18.4 Å². The molecule has 1 unspecified atom stereocenters. The second kappa shape index (κ2) is 6.13. The van der Waals surface area contributed by atoms with E-state index in [4.69, 9.17) is 0 Å². The molecule has 112 valence electrons. The van der Waals surface area contributed by atoms with Crippen molar-refractivity contribution in [3.8, 4) is 0 Å². The Labute approximate surface area is 129 Å². The lowest BCUT2D eigenvalue weighted by Gasteiger charge is -2.13. The Morgan fingerprint density at radius 1 is 1.48 bits per heavy atom. The van der Waals surface area contributed by atoms with Crippen molar-refractivity contribution in [2.75, 3.05) is 0 Å². The summed E-state index contributed by atoms with van der Waals surface area (Å²) in [6, 6.07) is 0.520. The number of carbonyl (C=O) groups excluding carboxylic acids is 1. The smallest absolute Gasteiger partial charge is 0.331 e. The molecule has 2 aromatic rings. The monoisotopic (exact) mass is 354 g/mol. The lowest BCUT2D eigenvalue weighted by atomic mass is 10.1. The van der Waals surface area contributed by atoms with Gasteiger partial charge in [0.25, 0.3) is 5.91 Å². The van der Waals surface area contributed by atoms with Crippen molar-refractivity contribution >= 4 is 27.8 Å². The first-order valence-electron chi connectivity index (χ1n) is 6.30. The van der Waals surface area contributed by atoms with Gasteiger partial charge in [0.1, 0.15) is 5.69 Å². The van der Waals surface area contributed by atoms with Gasteiger partial charge in [-0.3, -0.25) is 9.48 Å². The Morgan fingerprint density at radius 2 is 2.19 bits per heavy atom. The Kier molecular flexibility index (Phi) is 4.46. The Balaban J connectivity index is 2.24. The largest absolute Gasteiger partial charge is 0.479 e. The Hall–Kier alpha value is -2.09. The summed E-state index contributed by atoms with van der Waals surface area (Å²) < 4.78 is 3.99. The molecule has 0 aliphatic rings. The van der Waals surface area contributed by atoms with Gasteiger partial charge in [-0.25, -0.2) is 4.79 Å². The maximum absolute atomic E-state index is 12.3. The van der Waals surface area contributed by atoms with Crippen molar-refractivity contribution < 1.29 is 14.7 Å². The van der Waals surface area contributed by atoms with Crippen LogP contribution in [0.1, 0.15) is 29.0 Å². The van der Waals surface area contributed by atoms with Crippen LogP contribution in [0.3, 0.4) is 0 Å². The minimum absolute atomic E-state index is 0.402. The summed E-state index contributed by atoms with van der Waals surface area (Å²) in [4.78, 5) is 23.7. The topological polar surface area (TPSA) is 89.2 Å². The predicted octanol–water partition coefficient (Wildman–Crippen LogP) is 1.56. The van der Waals surface area contributed by atoms with Gasteiger partial charge in [-0.2, -0.15) is 5.10 Å². The molecule has 8 heteroatoms. The molecule has 0 bridgehead atoms. The molecule has 0 aromatic carbocycles. The van der Waals surface area contributed by atoms with E-state index in [0.717, 1.165) is 4.47 Å². The third kappa shape index (κ3) is 3.33. The number of aryl methyl sites for hydroxylation is 2. The number of halogens is 1. The number of aromatic nitrogens is 3. The number of carbonyl (C=O) groups is 2. The first kappa shape index (κ1) is 15.3. The molecule has 2 rings (SSSR count). The average molecular weight is 355 g/mol. The van der Waals surface area contributed by atoms with Crippen molar-refractivity contribution in [1.29, 1.82) is 0 Å². The number of carboxylic acids is 1. The highest BCUT2D eigenvalue weighted by atomic mass is 79.9. The molecular formula is C13H15BrN4O3. The fraction of sp³-hybridized carbons (Fsp3) is 0.308. The van der Waals surface area contributed by atoms with Crippen molar-refractivity contribution in [2.45, 2.75) is 19.5 Å². The number of hydrogen-bond donors (Lipinski definition) is 2. The maximum atomic E-state index is 12.3. The molecule has 0 saturated carbocycles. The molecule has 1 atom stereocenters. The number of carboxylic acid groups (broad SMARTS) is 1. The average Bonchev–Trinajstić information content (AvgIpc) is 3.01. The van der Waals surface area contributed by atoms with Gasteiger partial charge in [-0.15, -0.1) is 0 Å². The minimum Gasteiger partial charge on any atom is -0.479 e. The lowest BCUT2D eigenvalue weighted by Crippen LogP contribution is -2.34. The molecule has 0 fully saturated rings. The van der Waals surface area contributed by atoms with E-state index >= 15 is 0 Å². The molecule has 0 radical (unpaired) electrons. The van der Waals surface area contributed by atoms with Crippen LogP contribution < -0.4 is 5.32 Å². The van der Waals surface area contributed by atoms with Crippen LogP contribution in [0.5, 0.6) is 0 Å². The summed E-state index contributed by atoms with van der Waals surface area (Å²) in [5.74, 6) is -1.58. The summed E-state index contributed by atoms with van der Waals surface area (Å²) in [5.41, 5.74) is 0.825. The number of amides is 1. The van der Waals surface area contributed by atoms with Gasteiger partial charge in [-0.05, 0) is 28.9 Å². The molecule has 2 N–H and O–H groups in total. The highest BCUT2D eigenvalue weighted by molar-refractivity contribution is 9.10. The second-order valence-corrected chi connectivity index (χ2v) is 5.44. The van der Waals surface area contributed by atoms with Crippen LogP contribution in [0.15, 0.2) is 29.1 Å². The van der Waals surface area contributed by atoms with E-state index in [1.54, 1.807) is 30.1 Å². The third-order valence-corrected chi connectivity index (χ3v) is 3.45. The van der Waals surface area contributed by atoms with Crippen LogP contribution in [-0.4, -0.2) is 31.3 Å². The summed E-state index contributed by atoms with van der Waals surface area (Å²) >= 11 is 3.31. The van der Waals surface area contributed by atoms with E-state index in [1.165, 1.54) is 10.9 Å². The molecule has 7 nitrogen and oxygen atoms in total. The number of nitrogens with one attached hydrogen (secondary N) is 1. The zero-order valence-electron chi connectivity index (χ0n) is 11.6. The summed E-state index contributed by atoms with van der Waals surface area (Å²) in [7, 11) is 1.68. The standard InChI is InChI=1S/C13H15BrN4O3/c1-3-18-7-9(14)4-10(18)12(19)16-11(13(20)21)8-5-15-17(2)6-8/h4-7,11H,3H2,1-2H3,(H,16,19)(H,20,21). The fourth-order valence-electron chi connectivity index (χ4n) is 2.01. The lowest BCUT2D eigenvalue weighted by molar-refractivity contribution is -0.139. The zero-order chi connectivity index (χ0) is 15.6. The van der Waals surface area contributed by atoms with Gasteiger partial charge < -0.3 is 15.0 Å². The summed E-state index contributed by atoms with van der Waals surface area (Å²) in [5, 5.41) is 15.7. The fourth-order valence-corrected chi connectivity index (χ4v) is 2.47. The van der Waals surface area contributed by atoms with Crippen LogP contribution in [0.25, 0.3) is 0 Å². The number of rotatable bonds is 5. The third-order valence-electron chi connectivity index (χ3n) is 3.02. The van der Waals surface area contributed by atoms with E-state index in [2.05, 4.69) is 26.3 Å². The van der Waals surface area contributed by atoms with Gasteiger partial charge in [0.05, 0.1) is 6.20 Å². The van der Waals surface area contributed by atoms with E-state index in [-0.39, 0.29) is 0 Å². The van der Waals surface area contributed by atoms with Gasteiger partial charge in [-0.1, -0.05) is 0 Å². The zero-order valence-corrected chi connectivity index (χ0v) is 13.2. The first-order valence-corrected chi connectivity index (χ1v) is 7.09. The maximum Gasteiger partial charge on any atom is 0.331 e. The Morgan fingerprint density at radius 3 is 2.71 bits per heavy atom. The quantitative estimate of drug-likeness (QED) is 0.852. The van der Waals surface area contributed by atoms with E-state index in [9.17, 15) is 14.7 Å². The summed E-state index contributed by atoms with van der Waals surface area (Å²) in [6.07, 6.45) is 4.76. The van der Waals surface area contributed by atoms with Crippen molar-refractivity contribution in [3.63, 3.8) is 0 Å². The number of hydrogen-bond acceptors (Lipinski definition) is 3. The molecule has 2 aromatic heterocycles. The van der Waals surface area contributed by atoms with E-state index < -0.39 is 17.9 Å². The van der Waals surface area contributed by atoms with Crippen LogP contribution in [0.2, 0.25) is 0 Å². The SMILES string of the molecule is CCn1cc(Br)cc1C(=O)NC(C(=O)O)c1cnn(C)c1. The predicted molar refractivity (Wildman–Crippen MR) is 78.9 cm³/mol. The molecule has 0 spiro atoms. The summed E-state index contributed by atoms with van der Waals surface area (Å²) in [6.45, 7) is 2.51. The molecule has 21 heavy (non-hydrogen) atoms. The molecule has 2 heterocycles. The number of aliphatic carboxylic acids is 1. The van der Waals surface area contributed by atoms with E-state index in [1.807, 2.05) is 6.92 Å². The van der Waals surface area contributed by atoms with Gasteiger partial charge >= 0.3 is 5.97 Å². The second-order valence-electron chi connectivity index (χ2n) is 4.52. The highest BCUT2D eigenvalue weighted by Gasteiger charge is 2.25.